The molecular formula is C14H12FNO2. The van der Waals surface area contributed by atoms with E-state index in [4.69, 9.17) is 5.11 Å². The van der Waals surface area contributed by atoms with Gasteiger partial charge in [0.25, 0.3) is 0 Å². The Kier molecular flexibility index (Phi) is 2.44. The number of aryl methyl sites for hydroxylation is 1. The van der Waals surface area contributed by atoms with Crippen molar-refractivity contribution in [1.82, 2.24) is 4.98 Å². The number of carboxylic acid groups (broad SMARTS) is 1. The van der Waals surface area contributed by atoms with Gasteiger partial charge in [-0.05, 0) is 42.2 Å². The standard InChI is InChI=1S/C14H12FNO2/c15-10-3-1-2-8(6-10)11-5-4-9-7-12(14(17)18)16-13(9)11/h1-3,6-7,11,16H,4-5H2,(H,17,18). The van der Waals surface area contributed by atoms with E-state index in [0.29, 0.717) is 0 Å². The molecule has 3 nitrogen and oxygen atoms in total. The molecule has 2 N–H and O–H groups in total. The van der Waals surface area contributed by atoms with Gasteiger partial charge < -0.3 is 10.1 Å². The van der Waals surface area contributed by atoms with Crippen molar-refractivity contribution in [3.63, 3.8) is 0 Å². The molecule has 1 heterocycles. The van der Waals surface area contributed by atoms with Crippen molar-refractivity contribution in [3.05, 3.63) is 58.7 Å². The van der Waals surface area contributed by atoms with Crippen molar-refractivity contribution < 1.29 is 14.3 Å². The van der Waals surface area contributed by atoms with Crippen LogP contribution in [0.5, 0.6) is 0 Å². The van der Waals surface area contributed by atoms with E-state index in [9.17, 15) is 9.18 Å². The fourth-order valence-corrected chi connectivity index (χ4v) is 2.65. The number of fused-ring (bicyclic) bond motifs is 1. The molecule has 0 radical (unpaired) electrons. The Hall–Kier alpha value is -2.10. The molecule has 2 aromatic rings. The van der Waals surface area contributed by atoms with Crippen LogP contribution in [0.2, 0.25) is 0 Å². The zero-order valence-electron chi connectivity index (χ0n) is 9.61. The number of carbonyl (C=O) groups is 1. The smallest absolute Gasteiger partial charge is 0.352 e. The summed E-state index contributed by atoms with van der Waals surface area (Å²) in [6.07, 6.45) is 1.73. The highest BCUT2D eigenvalue weighted by atomic mass is 19.1. The van der Waals surface area contributed by atoms with E-state index in [2.05, 4.69) is 4.98 Å². The molecule has 0 amide bonds. The summed E-state index contributed by atoms with van der Waals surface area (Å²) >= 11 is 0. The Morgan fingerprint density at radius 3 is 2.94 bits per heavy atom. The molecule has 0 saturated carbocycles. The molecular weight excluding hydrogens is 233 g/mol. The summed E-state index contributed by atoms with van der Waals surface area (Å²) in [6.45, 7) is 0. The van der Waals surface area contributed by atoms with Crippen LogP contribution in [0.25, 0.3) is 0 Å². The van der Waals surface area contributed by atoms with Crippen LogP contribution in [0.3, 0.4) is 0 Å². The summed E-state index contributed by atoms with van der Waals surface area (Å²) in [5, 5.41) is 8.95. The average molecular weight is 245 g/mol. The molecule has 1 aliphatic rings. The van der Waals surface area contributed by atoms with E-state index in [0.717, 1.165) is 29.7 Å². The lowest BCUT2D eigenvalue weighted by molar-refractivity contribution is 0.0691. The molecule has 0 saturated heterocycles. The van der Waals surface area contributed by atoms with Crippen LogP contribution >= 0.6 is 0 Å². The third kappa shape index (κ3) is 1.70. The van der Waals surface area contributed by atoms with E-state index >= 15 is 0 Å². The minimum atomic E-state index is -0.956. The van der Waals surface area contributed by atoms with Gasteiger partial charge in [0.1, 0.15) is 11.5 Å². The topological polar surface area (TPSA) is 53.1 Å². The fourth-order valence-electron chi connectivity index (χ4n) is 2.65. The summed E-state index contributed by atoms with van der Waals surface area (Å²) in [5.74, 6) is -1.14. The van der Waals surface area contributed by atoms with Crippen LogP contribution in [0.15, 0.2) is 30.3 Å². The van der Waals surface area contributed by atoms with Crippen molar-refractivity contribution >= 4 is 5.97 Å². The minimum absolute atomic E-state index is 0.0730. The predicted octanol–water partition coefficient (Wildman–Crippen LogP) is 2.93. The number of nitrogens with one attached hydrogen (secondary N) is 1. The SMILES string of the molecule is O=C(O)c1cc2c([nH]1)C(c1cccc(F)c1)CC2. The first-order valence-electron chi connectivity index (χ1n) is 5.85. The summed E-state index contributed by atoms with van der Waals surface area (Å²) in [4.78, 5) is 13.9. The number of aromatic amines is 1. The highest BCUT2D eigenvalue weighted by molar-refractivity contribution is 5.86. The van der Waals surface area contributed by atoms with Gasteiger partial charge in [0.2, 0.25) is 0 Å². The molecule has 0 spiro atoms. The zero-order chi connectivity index (χ0) is 12.7. The summed E-state index contributed by atoms with van der Waals surface area (Å²) in [6, 6.07) is 8.17. The number of aromatic carboxylic acids is 1. The molecule has 1 aliphatic carbocycles. The summed E-state index contributed by atoms with van der Waals surface area (Å²) < 4.78 is 13.2. The second-order valence-electron chi connectivity index (χ2n) is 4.57. The van der Waals surface area contributed by atoms with Gasteiger partial charge in [0.05, 0.1) is 0 Å². The number of aromatic nitrogens is 1. The quantitative estimate of drug-likeness (QED) is 0.854. The molecule has 18 heavy (non-hydrogen) atoms. The largest absolute Gasteiger partial charge is 0.477 e. The third-order valence-electron chi connectivity index (χ3n) is 3.47. The van der Waals surface area contributed by atoms with Gasteiger partial charge in [-0.15, -0.1) is 0 Å². The molecule has 4 heteroatoms. The van der Waals surface area contributed by atoms with Gasteiger partial charge in [-0.3, -0.25) is 0 Å². The Labute approximate surface area is 103 Å². The van der Waals surface area contributed by atoms with Gasteiger partial charge >= 0.3 is 5.97 Å². The van der Waals surface area contributed by atoms with Gasteiger partial charge in [0.15, 0.2) is 0 Å². The Bertz CT molecular complexity index is 618. The van der Waals surface area contributed by atoms with Crippen LogP contribution in [0, 0.1) is 5.82 Å². The van der Waals surface area contributed by atoms with Crippen LogP contribution < -0.4 is 0 Å². The molecule has 1 aromatic carbocycles. The molecule has 92 valence electrons. The van der Waals surface area contributed by atoms with E-state index < -0.39 is 5.97 Å². The fraction of sp³-hybridized carbons (Fsp3) is 0.214. The van der Waals surface area contributed by atoms with Gasteiger partial charge in [-0.2, -0.15) is 0 Å². The number of halogens is 1. The van der Waals surface area contributed by atoms with Gasteiger partial charge in [-0.1, -0.05) is 12.1 Å². The number of benzene rings is 1. The summed E-state index contributed by atoms with van der Waals surface area (Å²) in [5.41, 5.74) is 3.05. The van der Waals surface area contributed by atoms with Crippen molar-refractivity contribution in [2.45, 2.75) is 18.8 Å². The molecule has 0 aliphatic heterocycles. The maximum Gasteiger partial charge on any atom is 0.352 e. The third-order valence-corrected chi connectivity index (χ3v) is 3.47. The lowest BCUT2D eigenvalue weighted by Crippen LogP contribution is -2.01. The van der Waals surface area contributed by atoms with Crippen LogP contribution in [-0.2, 0) is 6.42 Å². The van der Waals surface area contributed by atoms with Gasteiger partial charge in [-0.25, -0.2) is 9.18 Å². The number of hydrogen-bond acceptors (Lipinski definition) is 1. The van der Waals surface area contributed by atoms with Crippen molar-refractivity contribution in [1.29, 1.82) is 0 Å². The maximum atomic E-state index is 13.2. The van der Waals surface area contributed by atoms with E-state index in [1.54, 1.807) is 12.1 Å². The first-order valence-corrected chi connectivity index (χ1v) is 5.85. The maximum absolute atomic E-state index is 13.2. The molecule has 1 unspecified atom stereocenters. The van der Waals surface area contributed by atoms with E-state index in [-0.39, 0.29) is 17.4 Å². The van der Waals surface area contributed by atoms with E-state index in [1.165, 1.54) is 12.1 Å². The second kappa shape index (κ2) is 3.98. The lowest BCUT2D eigenvalue weighted by atomic mass is 9.97. The van der Waals surface area contributed by atoms with Crippen LogP contribution in [0.1, 0.15) is 39.6 Å². The first kappa shape index (κ1) is 11.0. The van der Waals surface area contributed by atoms with Crippen molar-refractivity contribution in [2.24, 2.45) is 0 Å². The molecule has 3 rings (SSSR count). The normalized spacial score (nSPS) is 17.7. The van der Waals surface area contributed by atoms with E-state index in [1.807, 2.05) is 6.07 Å². The molecule has 1 atom stereocenters. The lowest BCUT2D eigenvalue weighted by Gasteiger charge is -2.10. The Morgan fingerprint density at radius 2 is 2.22 bits per heavy atom. The number of H-pyrrole nitrogens is 1. The van der Waals surface area contributed by atoms with Crippen molar-refractivity contribution in [3.8, 4) is 0 Å². The monoisotopic (exact) mass is 245 g/mol. The Balaban J connectivity index is 2.01. The number of carboxylic acids is 1. The summed E-state index contributed by atoms with van der Waals surface area (Å²) in [7, 11) is 0. The molecule has 0 bridgehead atoms. The first-order chi connectivity index (χ1) is 8.65. The molecule has 0 fully saturated rings. The molecule has 1 aromatic heterocycles. The van der Waals surface area contributed by atoms with Gasteiger partial charge in [0, 0.05) is 11.6 Å². The number of rotatable bonds is 2. The highest BCUT2D eigenvalue weighted by Crippen LogP contribution is 2.38. The average Bonchev–Trinajstić information content (AvgIpc) is 2.87. The number of hydrogen-bond donors (Lipinski definition) is 2. The van der Waals surface area contributed by atoms with Crippen LogP contribution in [-0.4, -0.2) is 16.1 Å². The predicted molar refractivity (Wildman–Crippen MR) is 64.3 cm³/mol. The minimum Gasteiger partial charge on any atom is -0.477 e. The second-order valence-corrected chi connectivity index (χ2v) is 4.57. The van der Waals surface area contributed by atoms with Crippen LogP contribution in [0.4, 0.5) is 4.39 Å². The van der Waals surface area contributed by atoms with Crippen molar-refractivity contribution in [2.75, 3.05) is 0 Å². The zero-order valence-corrected chi connectivity index (χ0v) is 9.61. The highest BCUT2D eigenvalue weighted by Gasteiger charge is 2.27. The Morgan fingerprint density at radius 1 is 1.39 bits per heavy atom.